The zero-order valence-electron chi connectivity index (χ0n) is 40.0. The molecule has 0 spiro atoms. The van der Waals surface area contributed by atoms with E-state index in [1.54, 1.807) is 43.1 Å². The van der Waals surface area contributed by atoms with E-state index in [4.69, 9.17) is 20.0 Å². The number of H-pyrrole nitrogens is 1. The van der Waals surface area contributed by atoms with Crippen LogP contribution in [0.3, 0.4) is 0 Å². The van der Waals surface area contributed by atoms with E-state index >= 15 is 0 Å². The van der Waals surface area contributed by atoms with Crippen LogP contribution < -0.4 is 16.4 Å². The number of likely N-dealkylation sites (N-methyl/N-ethyl adjacent to an activating group) is 2. The standard InChI is InChI=1S/C47H80N8O8/c1-12-31(6)42(53(9)47(60)40(29(2)3)51-45(58)41(30(4)5)52(8)24-21-48)38(61-10)27-39(56)54-22-17-20-37(54)43(62-11)32(7)44(57)50-36(46(59)55-23-15-16-25-63-55)26-33-28-49-35-19-14-13-18-34(33)35/h13-14,18-19,28-32,36-38,40-43,46,49,59H,12,15-17,20-27,48H2,1-11H3,(H,50,57)(H,51,58)/t31-,32+,36-,37-,38+,40-,41-,42-,43+,46?/m0/s1. The molecule has 16 heteroatoms. The summed E-state index contributed by atoms with van der Waals surface area (Å²) in [6.45, 7) is 16.1. The number of aromatic amines is 1. The number of hydrogen-bond donors (Lipinski definition) is 5. The number of ether oxygens (including phenoxy) is 2. The molecule has 2 fully saturated rings. The van der Waals surface area contributed by atoms with Crippen LogP contribution in [-0.2, 0) is 39.9 Å². The third kappa shape index (κ3) is 13.0. The van der Waals surface area contributed by atoms with E-state index in [0.29, 0.717) is 45.6 Å². The van der Waals surface area contributed by atoms with Crippen LogP contribution >= 0.6 is 0 Å². The number of aliphatic hydroxyl groups excluding tert-OH is 1. The Morgan fingerprint density at radius 2 is 1.68 bits per heavy atom. The normalized spacial score (nSPS) is 20.6. The van der Waals surface area contributed by atoms with Crippen LogP contribution in [0.4, 0.5) is 0 Å². The lowest BCUT2D eigenvalue weighted by Gasteiger charge is -2.41. The number of rotatable bonds is 24. The predicted octanol–water partition coefficient (Wildman–Crippen LogP) is 3.52. The number of nitrogens with zero attached hydrogens (tertiary/aromatic N) is 4. The summed E-state index contributed by atoms with van der Waals surface area (Å²) in [5.74, 6) is -1.89. The first-order valence-electron chi connectivity index (χ1n) is 23.3. The molecule has 1 aromatic heterocycles. The van der Waals surface area contributed by atoms with Crippen molar-refractivity contribution in [3.63, 3.8) is 0 Å². The van der Waals surface area contributed by atoms with Crippen molar-refractivity contribution in [2.24, 2.45) is 29.4 Å². The Bertz CT molecular complexity index is 1750. The summed E-state index contributed by atoms with van der Waals surface area (Å²) in [7, 11) is 6.73. The van der Waals surface area contributed by atoms with Crippen LogP contribution in [0.2, 0.25) is 0 Å². The Morgan fingerprint density at radius 3 is 2.29 bits per heavy atom. The number of benzene rings is 1. The molecule has 4 rings (SSSR count). The Labute approximate surface area is 376 Å². The van der Waals surface area contributed by atoms with E-state index < -0.39 is 54.6 Å². The first-order chi connectivity index (χ1) is 30.0. The summed E-state index contributed by atoms with van der Waals surface area (Å²) in [5.41, 5.74) is 7.75. The minimum absolute atomic E-state index is 0.00335. The highest BCUT2D eigenvalue weighted by Gasteiger charge is 2.44. The number of nitrogens with two attached hydrogens (primary N) is 1. The lowest BCUT2D eigenvalue weighted by molar-refractivity contribution is -0.261. The Hall–Kier alpha value is -3.64. The van der Waals surface area contributed by atoms with Crippen molar-refractivity contribution in [1.82, 2.24) is 35.4 Å². The zero-order valence-corrected chi connectivity index (χ0v) is 40.0. The first-order valence-corrected chi connectivity index (χ1v) is 23.3. The second kappa shape index (κ2) is 24.6. The summed E-state index contributed by atoms with van der Waals surface area (Å²) in [6, 6.07) is 5.09. The van der Waals surface area contributed by atoms with Crippen molar-refractivity contribution in [2.75, 3.05) is 61.1 Å². The average Bonchev–Trinajstić information content (AvgIpc) is 3.92. The molecule has 16 nitrogen and oxygen atoms in total. The van der Waals surface area contributed by atoms with Gasteiger partial charge in [0.05, 0.1) is 55.3 Å². The lowest BCUT2D eigenvalue weighted by Crippen LogP contribution is -2.60. The van der Waals surface area contributed by atoms with Gasteiger partial charge in [-0.15, -0.1) is 0 Å². The fourth-order valence-corrected chi connectivity index (χ4v) is 9.74. The van der Waals surface area contributed by atoms with Crippen molar-refractivity contribution < 1.29 is 38.6 Å². The van der Waals surface area contributed by atoms with E-state index in [1.165, 1.54) is 0 Å². The highest BCUT2D eigenvalue weighted by molar-refractivity contribution is 5.90. The van der Waals surface area contributed by atoms with E-state index in [1.807, 2.05) is 84.0 Å². The summed E-state index contributed by atoms with van der Waals surface area (Å²) in [4.78, 5) is 71.5. The largest absolute Gasteiger partial charge is 0.379 e. The van der Waals surface area contributed by atoms with Gasteiger partial charge in [-0.3, -0.25) is 28.9 Å². The molecule has 0 aliphatic carbocycles. The van der Waals surface area contributed by atoms with Gasteiger partial charge in [0.15, 0.2) is 0 Å². The van der Waals surface area contributed by atoms with Gasteiger partial charge >= 0.3 is 0 Å². The van der Waals surface area contributed by atoms with Crippen LogP contribution in [0.5, 0.6) is 0 Å². The molecule has 0 radical (unpaired) electrons. The molecule has 356 valence electrons. The SMILES string of the molecule is CC[C@H](C)[C@@H]([C@@H](CC(=O)N1CCC[C@H]1[C@H](OC)[C@@H](C)C(=O)N[C@@H](Cc1c[nH]c2ccccc12)C(O)N1CCCCO1)OC)N(C)C(=O)[C@@H](NC(=O)[C@H](C(C)C)N(C)CCN)C(C)C. The summed E-state index contributed by atoms with van der Waals surface area (Å²) >= 11 is 0. The molecule has 6 N–H and O–H groups in total. The molecule has 10 atom stereocenters. The molecular weight excluding hydrogens is 805 g/mol. The molecular formula is C47H80N8O8. The zero-order chi connectivity index (χ0) is 46.5. The van der Waals surface area contributed by atoms with Gasteiger partial charge in [0.25, 0.3) is 0 Å². The minimum Gasteiger partial charge on any atom is -0.379 e. The van der Waals surface area contributed by atoms with Gasteiger partial charge in [0.1, 0.15) is 12.3 Å². The number of likely N-dealkylation sites (tertiary alicyclic amines) is 1. The number of para-hydroxylation sites is 1. The summed E-state index contributed by atoms with van der Waals surface area (Å²) in [5, 5.41) is 20.4. The molecule has 63 heavy (non-hydrogen) atoms. The number of methoxy groups -OCH3 is 2. The number of hydrogen-bond acceptors (Lipinski definition) is 11. The maximum atomic E-state index is 14.5. The summed E-state index contributed by atoms with van der Waals surface area (Å²) < 4.78 is 12.2. The van der Waals surface area contributed by atoms with Crippen molar-refractivity contribution in [2.45, 2.75) is 142 Å². The third-order valence-corrected chi connectivity index (χ3v) is 13.5. The average molecular weight is 885 g/mol. The fraction of sp³-hybridized carbons (Fsp3) is 0.745. The van der Waals surface area contributed by atoms with Gasteiger partial charge in [0, 0.05) is 64.5 Å². The molecule has 4 amide bonds. The van der Waals surface area contributed by atoms with Gasteiger partial charge in [-0.05, 0) is 68.5 Å². The van der Waals surface area contributed by atoms with Crippen molar-refractivity contribution in [3.05, 3.63) is 36.0 Å². The van der Waals surface area contributed by atoms with Gasteiger partial charge in [-0.25, -0.2) is 0 Å². The van der Waals surface area contributed by atoms with E-state index in [9.17, 15) is 24.3 Å². The highest BCUT2D eigenvalue weighted by Crippen LogP contribution is 2.30. The number of fused-ring (bicyclic) bond motifs is 1. The Morgan fingerprint density at radius 1 is 0.968 bits per heavy atom. The second-order valence-electron chi connectivity index (χ2n) is 18.6. The van der Waals surface area contributed by atoms with E-state index in [2.05, 4.69) is 15.6 Å². The molecule has 2 saturated heterocycles. The van der Waals surface area contributed by atoms with Gasteiger partial charge in [-0.2, -0.15) is 5.06 Å². The molecule has 0 bridgehead atoms. The van der Waals surface area contributed by atoms with Crippen molar-refractivity contribution >= 4 is 34.5 Å². The minimum atomic E-state index is -1.10. The maximum absolute atomic E-state index is 14.5. The first kappa shape index (κ1) is 52.0. The highest BCUT2D eigenvalue weighted by atomic mass is 16.7. The number of carbonyl (C=O) groups excluding carboxylic acids is 4. The van der Waals surface area contributed by atoms with Crippen LogP contribution in [-0.4, -0.2) is 163 Å². The van der Waals surface area contributed by atoms with Crippen LogP contribution in [0.15, 0.2) is 30.5 Å². The molecule has 1 unspecified atom stereocenters. The topological polar surface area (TPSA) is 195 Å². The number of aromatic nitrogens is 1. The third-order valence-electron chi connectivity index (χ3n) is 13.5. The molecule has 3 heterocycles. The van der Waals surface area contributed by atoms with E-state index in [0.717, 1.165) is 42.1 Å². The van der Waals surface area contributed by atoms with E-state index in [-0.39, 0.29) is 47.8 Å². The lowest BCUT2D eigenvalue weighted by atomic mass is 9.89. The van der Waals surface area contributed by atoms with Crippen molar-refractivity contribution in [1.29, 1.82) is 0 Å². The Balaban J connectivity index is 1.51. The molecule has 2 aliphatic heterocycles. The number of nitrogens with one attached hydrogen (secondary N) is 3. The van der Waals surface area contributed by atoms with Gasteiger partial charge < -0.3 is 45.7 Å². The molecule has 1 aromatic carbocycles. The monoisotopic (exact) mass is 885 g/mol. The maximum Gasteiger partial charge on any atom is 0.245 e. The molecule has 2 aromatic rings. The molecule has 2 aliphatic rings. The van der Waals surface area contributed by atoms with Crippen LogP contribution in [0.25, 0.3) is 10.9 Å². The van der Waals surface area contributed by atoms with Gasteiger partial charge in [-0.1, -0.05) is 73.1 Å². The van der Waals surface area contributed by atoms with Crippen LogP contribution in [0, 0.1) is 23.7 Å². The predicted molar refractivity (Wildman–Crippen MR) is 245 cm³/mol. The van der Waals surface area contributed by atoms with Gasteiger partial charge in [0.2, 0.25) is 23.6 Å². The number of hydroxylamine groups is 2. The number of aliphatic hydroxyl groups is 1. The smallest absolute Gasteiger partial charge is 0.245 e. The number of amides is 4. The van der Waals surface area contributed by atoms with Crippen molar-refractivity contribution in [3.8, 4) is 0 Å². The number of carbonyl (C=O) groups is 4. The molecule has 0 saturated carbocycles. The fourth-order valence-electron chi connectivity index (χ4n) is 9.74. The quantitative estimate of drug-likeness (QED) is 0.104. The Kier molecular flexibility index (Phi) is 20.3. The summed E-state index contributed by atoms with van der Waals surface area (Å²) in [6.07, 6.45) is 3.75. The van der Waals surface area contributed by atoms with Crippen LogP contribution in [0.1, 0.15) is 92.6 Å². The second-order valence-corrected chi connectivity index (χ2v) is 18.6.